The highest BCUT2D eigenvalue weighted by Crippen LogP contribution is 2.30. The molecule has 5 nitrogen and oxygen atoms in total. The van der Waals surface area contributed by atoms with Crippen LogP contribution in [-0.2, 0) is 4.79 Å². The van der Waals surface area contributed by atoms with Crippen molar-refractivity contribution < 1.29 is 9.53 Å². The topological polar surface area (TPSA) is 67.0 Å². The van der Waals surface area contributed by atoms with Gasteiger partial charge in [-0.1, -0.05) is 12.1 Å². The van der Waals surface area contributed by atoms with Crippen LogP contribution in [0, 0.1) is 0 Å². The van der Waals surface area contributed by atoms with Crippen molar-refractivity contribution in [3.05, 3.63) is 48.2 Å². The molecule has 1 aliphatic rings. The number of carbonyl (C=O) groups excluding carboxylic acids is 1. The molecule has 1 aromatic heterocycles. The van der Waals surface area contributed by atoms with Crippen molar-refractivity contribution in [1.29, 1.82) is 0 Å². The first-order valence-corrected chi connectivity index (χ1v) is 5.11. The van der Waals surface area contributed by atoms with E-state index in [0.29, 0.717) is 11.4 Å². The number of hydrogen-bond acceptors (Lipinski definition) is 3. The van der Waals surface area contributed by atoms with Gasteiger partial charge in [-0.25, -0.2) is 4.98 Å². The molecule has 2 heterocycles. The highest BCUT2D eigenvalue weighted by Gasteiger charge is 2.21. The Morgan fingerprint density at radius 3 is 3.00 bits per heavy atom. The maximum atomic E-state index is 11.7. The second-order valence-corrected chi connectivity index (χ2v) is 3.57. The summed E-state index contributed by atoms with van der Waals surface area (Å²) in [5.41, 5.74) is 1.40. The molecule has 0 radical (unpaired) electrons. The Bertz CT molecular complexity index is 588. The van der Waals surface area contributed by atoms with Gasteiger partial charge >= 0.3 is 0 Å². The molecule has 0 atom stereocenters. The van der Waals surface area contributed by atoms with Crippen LogP contribution < -0.4 is 10.1 Å². The van der Waals surface area contributed by atoms with Crippen molar-refractivity contribution in [2.24, 2.45) is 0 Å². The number of carbonyl (C=O) groups is 1. The van der Waals surface area contributed by atoms with E-state index < -0.39 is 0 Å². The molecule has 2 aromatic rings. The number of nitrogens with one attached hydrogen (secondary N) is 2. The number of nitrogens with zero attached hydrogens (tertiary/aromatic N) is 1. The number of aromatic nitrogens is 2. The number of anilines is 1. The molecule has 3 rings (SSSR count). The standard InChI is InChI=1S/C12H9N3O2/c16-12-11(5-8-6-13-7-14-8)17-10-4-2-1-3-9(10)15-12/h1-7H,(H,13,14)(H,15,16)/b11-5+. The Kier molecular flexibility index (Phi) is 2.15. The molecule has 0 aliphatic carbocycles. The van der Waals surface area contributed by atoms with Crippen molar-refractivity contribution in [2.45, 2.75) is 0 Å². The average molecular weight is 227 g/mol. The number of rotatable bonds is 1. The summed E-state index contributed by atoms with van der Waals surface area (Å²) in [6, 6.07) is 7.28. The Morgan fingerprint density at radius 2 is 2.18 bits per heavy atom. The van der Waals surface area contributed by atoms with Crippen LogP contribution in [0.1, 0.15) is 5.69 Å². The number of fused-ring (bicyclic) bond motifs is 1. The van der Waals surface area contributed by atoms with Crippen LogP contribution in [0.4, 0.5) is 5.69 Å². The zero-order chi connectivity index (χ0) is 11.7. The van der Waals surface area contributed by atoms with E-state index in [2.05, 4.69) is 15.3 Å². The normalized spacial score (nSPS) is 16.2. The minimum Gasteiger partial charge on any atom is -0.449 e. The van der Waals surface area contributed by atoms with Gasteiger partial charge in [0.25, 0.3) is 5.91 Å². The average Bonchev–Trinajstić information content (AvgIpc) is 2.83. The fourth-order valence-corrected chi connectivity index (χ4v) is 1.59. The molecule has 5 heteroatoms. The smallest absolute Gasteiger partial charge is 0.291 e. The molecular weight excluding hydrogens is 218 g/mol. The summed E-state index contributed by atoms with van der Waals surface area (Å²) in [5, 5.41) is 2.76. The first-order chi connectivity index (χ1) is 8.33. The minimum absolute atomic E-state index is 0.243. The number of H-pyrrole nitrogens is 1. The lowest BCUT2D eigenvalue weighted by Gasteiger charge is -2.19. The number of imidazole rings is 1. The summed E-state index contributed by atoms with van der Waals surface area (Å²) in [7, 11) is 0. The van der Waals surface area contributed by atoms with Gasteiger partial charge in [-0.15, -0.1) is 0 Å². The highest BCUT2D eigenvalue weighted by molar-refractivity contribution is 6.07. The Balaban J connectivity index is 1.97. The third-order valence-electron chi connectivity index (χ3n) is 2.38. The van der Waals surface area contributed by atoms with Gasteiger partial charge in [0.1, 0.15) is 0 Å². The van der Waals surface area contributed by atoms with E-state index in [1.165, 1.54) is 0 Å². The van der Waals surface area contributed by atoms with E-state index in [1.807, 2.05) is 12.1 Å². The van der Waals surface area contributed by atoms with Gasteiger partial charge in [-0.3, -0.25) is 4.79 Å². The molecule has 0 unspecified atom stereocenters. The molecule has 0 bridgehead atoms. The monoisotopic (exact) mass is 227 g/mol. The fraction of sp³-hybridized carbons (Fsp3) is 0. The van der Waals surface area contributed by atoms with Gasteiger partial charge in [0.05, 0.1) is 23.9 Å². The molecule has 1 aromatic carbocycles. The quantitative estimate of drug-likeness (QED) is 0.730. The number of ether oxygens (including phenoxy) is 1. The van der Waals surface area contributed by atoms with Crippen molar-refractivity contribution >= 4 is 17.7 Å². The highest BCUT2D eigenvalue weighted by atomic mass is 16.5. The molecule has 84 valence electrons. The van der Waals surface area contributed by atoms with E-state index in [-0.39, 0.29) is 11.7 Å². The Hall–Kier alpha value is -2.56. The maximum absolute atomic E-state index is 11.7. The lowest BCUT2D eigenvalue weighted by Crippen LogP contribution is -2.23. The summed E-state index contributed by atoms with van der Waals surface area (Å²) in [5.74, 6) is 0.615. The second-order valence-electron chi connectivity index (χ2n) is 3.57. The summed E-state index contributed by atoms with van der Waals surface area (Å²) >= 11 is 0. The molecule has 0 spiro atoms. The summed E-state index contributed by atoms with van der Waals surface area (Å²) in [4.78, 5) is 18.5. The molecule has 0 saturated heterocycles. The lowest BCUT2D eigenvalue weighted by molar-refractivity contribution is -0.115. The first-order valence-electron chi connectivity index (χ1n) is 5.11. The molecule has 17 heavy (non-hydrogen) atoms. The largest absolute Gasteiger partial charge is 0.449 e. The first kappa shape index (κ1) is 9.65. The molecule has 1 amide bonds. The van der Waals surface area contributed by atoms with Crippen LogP contribution in [0.25, 0.3) is 6.08 Å². The molecule has 2 N–H and O–H groups in total. The third kappa shape index (κ3) is 1.78. The Morgan fingerprint density at radius 1 is 1.29 bits per heavy atom. The summed E-state index contributed by atoms with van der Waals surface area (Å²) in [6.07, 6.45) is 4.77. The van der Waals surface area contributed by atoms with Crippen LogP contribution in [0.15, 0.2) is 42.5 Å². The van der Waals surface area contributed by atoms with E-state index in [1.54, 1.807) is 30.7 Å². The molecule has 0 fully saturated rings. The molecular formula is C12H9N3O2. The van der Waals surface area contributed by atoms with E-state index >= 15 is 0 Å². The maximum Gasteiger partial charge on any atom is 0.291 e. The number of benzene rings is 1. The number of hydrogen-bond donors (Lipinski definition) is 2. The van der Waals surface area contributed by atoms with Gasteiger partial charge in [0.15, 0.2) is 11.5 Å². The van der Waals surface area contributed by atoms with Gasteiger partial charge < -0.3 is 15.0 Å². The van der Waals surface area contributed by atoms with Crippen LogP contribution in [0.2, 0.25) is 0 Å². The van der Waals surface area contributed by atoms with Crippen molar-refractivity contribution in [1.82, 2.24) is 9.97 Å². The van der Waals surface area contributed by atoms with Gasteiger partial charge in [-0.2, -0.15) is 0 Å². The number of para-hydroxylation sites is 2. The zero-order valence-electron chi connectivity index (χ0n) is 8.81. The van der Waals surface area contributed by atoms with Crippen molar-refractivity contribution in [3.8, 4) is 5.75 Å². The van der Waals surface area contributed by atoms with Crippen LogP contribution in [0.3, 0.4) is 0 Å². The predicted octanol–water partition coefficient (Wildman–Crippen LogP) is 1.78. The van der Waals surface area contributed by atoms with E-state index in [9.17, 15) is 4.79 Å². The van der Waals surface area contributed by atoms with Crippen LogP contribution >= 0.6 is 0 Å². The Labute approximate surface area is 97.1 Å². The third-order valence-corrected chi connectivity index (χ3v) is 2.38. The second kappa shape index (κ2) is 3.79. The fourth-order valence-electron chi connectivity index (χ4n) is 1.59. The SMILES string of the molecule is O=C1Nc2ccccc2O/C1=C/c1cnc[nH]1. The molecule has 0 saturated carbocycles. The summed E-state index contributed by atoms with van der Waals surface area (Å²) < 4.78 is 5.52. The van der Waals surface area contributed by atoms with Gasteiger partial charge in [0, 0.05) is 6.08 Å². The van der Waals surface area contributed by atoms with E-state index in [0.717, 1.165) is 5.69 Å². The van der Waals surface area contributed by atoms with Crippen molar-refractivity contribution in [3.63, 3.8) is 0 Å². The number of amides is 1. The zero-order valence-corrected chi connectivity index (χ0v) is 8.81. The lowest BCUT2D eigenvalue weighted by atomic mass is 10.2. The van der Waals surface area contributed by atoms with E-state index in [4.69, 9.17) is 4.74 Å². The van der Waals surface area contributed by atoms with Crippen molar-refractivity contribution in [2.75, 3.05) is 5.32 Å². The number of aromatic amines is 1. The summed E-state index contributed by atoms with van der Waals surface area (Å²) in [6.45, 7) is 0. The van der Waals surface area contributed by atoms with Gasteiger partial charge in [0.2, 0.25) is 0 Å². The minimum atomic E-state index is -0.265. The molecule has 1 aliphatic heterocycles. The van der Waals surface area contributed by atoms with Crippen LogP contribution in [-0.4, -0.2) is 15.9 Å². The van der Waals surface area contributed by atoms with Crippen LogP contribution in [0.5, 0.6) is 5.75 Å². The predicted molar refractivity (Wildman–Crippen MR) is 62.3 cm³/mol. The van der Waals surface area contributed by atoms with Gasteiger partial charge in [-0.05, 0) is 12.1 Å².